The predicted octanol–water partition coefficient (Wildman–Crippen LogP) is 7.00. The van der Waals surface area contributed by atoms with Gasteiger partial charge in [-0.05, 0) is 50.9 Å². The van der Waals surface area contributed by atoms with Crippen molar-refractivity contribution >= 4 is 40.6 Å². The van der Waals surface area contributed by atoms with Crippen molar-refractivity contribution in [3.63, 3.8) is 0 Å². The first kappa shape index (κ1) is 18.3. The van der Waals surface area contributed by atoms with Gasteiger partial charge in [-0.2, -0.15) is 0 Å². The number of H-pyrrole nitrogens is 1. The molecule has 0 atom stereocenters. The Labute approximate surface area is 187 Å². The molecule has 0 saturated carbocycles. The van der Waals surface area contributed by atoms with Crippen LogP contribution in [0.15, 0.2) is 91.3 Å². The molecule has 0 unspecified atom stereocenters. The molecule has 5 aromatic rings. The second-order valence-corrected chi connectivity index (χ2v) is 8.31. The second-order valence-electron chi connectivity index (χ2n) is 6.76. The van der Waals surface area contributed by atoms with Crippen molar-refractivity contribution in [3.8, 4) is 33.5 Å². The third kappa shape index (κ3) is 3.41. The van der Waals surface area contributed by atoms with Gasteiger partial charge in [0.1, 0.15) is 4.64 Å². The highest BCUT2D eigenvalue weighted by atomic mass is 127. The third-order valence-electron chi connectivity index (χ3n) is 4.97. The fraction of sp³-hybridized carbons (Fsp3) is 0. The molecule has 0 radical (unpaired) electrons. The van der Waals surface area contributed by atoms with E-state index in [4.69, 9.17) is 12.2 Å². The molecule has 0 spiro atoms. The van der Waals surface area contributed by atoms with E-state index in [1.165, 1.54) is 11.1 Å². The van der Waals surface area contributed by atoms with Gasteiger partial charge in [0.2, 0.25) is 5.78 Å². The van der Waals surface area contributed by atoms with Crippen LogP contribution in [0.3, 0.4) is 0 Å². The van der Waals surface area contributed by atoms with Crippen molar-refractivity contribution in [3.05, 3.63) is 99.5 Å². The SMILES string of the molecule is S=c1c(-c2ccccc2I)cnc2[nH]c(-c3ccc(-c4ccccc4)cc3)cn12. The maximum Gasteiger partial charge on any atom is 0.212 e. The molecule has 29 heavy (non-hydrogen) atoms. The first-order chi connectivity index (χ1) is 14.2. The molecular formula is C24H16IN3S. The number of aromatic amines is 1. The maximum atomic E-state index is 5.78. The molecule has 0 fully saturated rings. The average molecular weight is 505 g/mol. The minimum Gasteiger partial charge on any atom is -0.323 e. The Morgan fingerprint density at radius 3 is 2.17 bits per heavy atom. The Morgan fingerprint density at radius 1 is 0.759 bits per heavy atom. The summed E-state index contributed by atoms with van der Waals surface area (Å²) in [4.78, 5) is 8.00. The molecule has 1 N–H and O–H groups in total. The molecule has 5 rings (SSSR count). The Hall–Kier alpha value is -2.77. The van der Waals surface area contributed by atoms with Crippen molar-refractivity contribution in [1.29, 1.82) is 0 Å². The summed E-state index contributed by atoms with van der Waals surface area (Å²) in [5, 5.41) is 0. The van der Waals surface area contributed by atoms with Crippen LogP contribution < -0.4 is 0 Å². The van der Waals surface area contributed by atoms with Gasteiger partial charge in [0.25, 0.3) is 0 Å². The lowest BCUT2D eigenvalue weighted by molar-refractivity contribution is 1.09. The summed E-state index contributed by atoms with van der Waals surface area (Å²) in [6, 6.07) is 27.1. The standard InChI is InChI=1S/C24H16IN3S/c25-21-9-5-4-8-19(21)20-14-26-24-27-22(15-28(24)23(20)29)18-12-10-17(11-13-18)16-6-2-1-3-7-16/h1-15H,(H,26,27). The highest BCUT2D eigenvalue weighted by Crippen LogP contribution is 2.28. The molecule has 0 aliphatic heterocycles. The first-order valence-electron chi connectivity index (χ1n) is 9.22. The summed E-state index contributed by atoms with van der Waals surface area (Å²) in [6.45, 7) is 0. The Morgan fingerprint density at radius 2 is 1.41 bits per heavy atom. The number of imidazole rings is 1. The van der Waals surface area contributed by atoms with Crippen molar-refractivity contribution in [2.75, 3.05) is 0 Å². The molecule has 5 heteroatoms. The van der Waals surface area contributed by atoms with Gasteiger partial charge in [-0.1, -0.05) is 85.0 Å². The smallest absolute Gasteiger partial charge is 0.212 e. The molecule has 3 aromatic carbocycles. The molecule has 0 aliphatic carbocycles. The van der Waals surface area contributed by atoms with Crippen molar-refractivity contribution in [2.45, 2.75) is 0 Å². The highest BCUT2D eigenvalue weighted by Gasteiger charge is 2.10. The van der Waals surface area contributed by atoms with E-state index in [1.54, 1.807) is 0 Å². The van der Waals surface area contributed by atoms with Gasteiger partial charge < -0.3 is 4.98 Å². The quantitative estimate of drug-likeness (QED) is 0.212. The van der Waals surface area contributed by atoms with Crippen LogP contribution >= 0.6 is 34.8 Å². The number of hydrogen-bond acceptors (Lipinski definition) is 2. The average Bonchev–Trinajstić information content (AvgIpc) is 3.21. The summed E-state index contributed by atoms with van der Waals surface area (Å²) >= 11 is 8.12. The third-order valence-corrected chi connectivity index (χ3v) is 6.32. The summed E-state index contributed by atoms with van der Waals surface area (Å²) < 4.78 is 3.86. The molecule has 0 saturated heterocycles. The monoisotopic (exact) mass is 505 g/mol. The number of halogens is 1. The van der Waals surface area contributed by atoms with Crippen LogP contribution in [0.4, 0.5) is 0 Å². The van der Waals surface area contributed by atoms with E-state index in [-0.39, 0.29) is 0 Å². The van der Waals surface area contributed by atoms with Gasteiger partial charge in [-0.25, -0.2) is 4.98 Å². The van der Waals surface area contributed by atoms with E-state index < -0.39 is 0 Å². The summed E-state index contributed by atoms with van der Waals surface area (Å²) in [5.41, 5.74) is 6.56. The Bertz CT molecular complexity index is 1370. The van der Waals surface area contributed by atoms with Crippen LogP contribution in [0.2, 0.25) is 0 Å². The van der Waals surface area contributed by atoms with E-state index in [0.29, 0.717) is 0 Å². The molecule has 140 valence electrons. The molecular weight excluding hydrogens is 489 g/mol. The largest absolute Gasteiger partial charge is 0.323 e. The topological polar surface area (TPSA) is 33.1 Å². The van der Waals surface area contributed by atoms with Gasteiger partial charge >= 0.3 is 0 Å². The number of nitrogens with one attached hydrogen (secondary N) is 1. The number of nitrogens with zero attached hydrogens (tertiary/aromatic N) is 2. The van der Waals surface area contributed by atoms with Crippen LogP contribution in [0.25, 0.3) is 39.3 Å². The van der Waals surface area contributed by atoms with E-state index in [2.05, 4.69) is 93.2 Å². The van der Waals surface area contributed by atoms with Crippen molar-refractivity contribution in [2.24, 2.45) is 0 Å². The lowest BCUT2D eigenvalue weighted by Crippen LogP contribution is -1.93. The molecule has 0 amide bonds. The van der Waals surface area contributed by atoms with Gasteiger partial charge in [-0.15, -0.1) is 0 Å². The van der Waals surface area contributed by atoms with Gasteiger partial charge in [0.05, 0.1) is 5.69 Å². The van der Waals surface area contributed by atoms with Crippen LogP contribution in [-0.4, -0.2) is 14.4 Å². The zero-order valence-corrected chi connectivity index (χ0v) is 18.3. The number of hydrogen-bond donors (Lipinski definition) is 1. The number of fused-ring (bicyclic) bond motifs is 1. The molecule has 2 heterocycles. The Balaban J connectivity index is 1.56. The first-order valence-corrected chi connectivity index (χ1v) is 10.7. The minimum absolute atomic E-state index is 0.742. The number of rotatable bonds is 3. The number of benzene rings is 3. The van der Waals surface area contributed by atoms with Gasteiger partial charge in [0, 0.05) is 21.5 Å². The van der Waals surface area contributed by atoms with Crippen molar-refractivity contribution < 1.29 is 0 Å². The Kier molecular flexibility index (Phi) is 4.77. The van der Waals surface area contributed by atoms with Crippen LogP contribution in [0.5, 0.6) is 0 Å². The van der Waals surface area contributed by atoms with E-state index in [1.807, 2.05) is 35.0 Å². The fourth-order valence-corrected chi connectivity index (χ4v) is 4.43. The van der Waals surface area contributed by atoms with E-state index >= 15 is 0 Å². The lowest BCUT2D eigenvalue weighted by Gasteiger charge is -2.05. The molecule has 2 aromatic heterocycles. The predicted molar refractivity (Wildman–Crippen MR) is 129 cm³/mol. The summed E-state index contributed by atoms with van der Waals surface area (Å²) in [5.74, 6) is 0.742. The van der Waals surface area contributed by atoms with Gasteiger partial charge in [-0.3, -0.25) is 4.40 Å². The second kappa shape index (κ2) is 7.57. The van der Waals surface area contributed by atoms with Gasteiger partial charge in [0.15, 0.2) is 0 Å². The van der Waals surface area contributed by atoms with Crippen LogP contribution in [0, 0.1) is 8.21 Å². The highest BCUT2D eigenvalue weighted by molar-refractivity contribution is 14.1. The van der Waals surface area contributed by atoms with Crippen LogP contribution in [0.1, 0.15) is 0 Å². The zero-order chi connectivity index (χ0) is 19.8. The van der Waals surface area contributed by atoms with Crippen LogP contribution in [-0.2, 0) is 0 Å². The van der Waals surface area contributed by atoms with Crippen molar-refractivity contribution in [1.82, 2.24) is 14.4 Å². The summed E-state index contributed by atoms with van der Waals surface area (Å²) in [7, 11) is 0. The number of aromatic nitrogens is 3. The van der Waals surface area contributed by atoms with E-state index in [0.717, 1.165) is 36.4 Å². The lowest BCUT2D eigenvalue weighted by atomic mass is 10.0. The zero-order valence-electron chi connectivity index (χ0n) is 15.3. The maximum absolute atomic E-state index is 5.78. The molecule has 3 nitrogen and oxygen atoms in total. The minimum atomic E-state index is 0.742. The normalized spacial score (nSPS) is 11.1. The summed E-state index contributed by atoms with van der Waals surface area (Å²) in [6.07, 6.45) is 3.88. The fourth-order valence-electron chi connectivity index (χ4n) is 3.45. The van der Waals surface area contributed by atoms with E-state index in [9.17, 15) is 0 Å². The molecule has 0 bridgehead atoms. The molecule has 0 aliphatic rings.